The molecule has 2 aliphatic carbocycles. The Balaban J connectivity index is 1.37. The molecule has 0 radical (unpaired) electrons. The van der Waals surface area contributed by atoms with Gasteiger partial charge in [-0.3, -0.25) is 0 Å². The molecule has 0 spiro atoms. The normalized spacial score (nSPS) is 31.0. The zero-order valence-electron chi connectivity index (χ0n) is 19.2. The Bertz CT molecular complexity index is 944. The fraction of sp³-hybridized carbons (Fsp3) is 0.462. The maximum Gasteiger partial charge on any atom is 0.339 e. The lowest BCUT2D eigenvalue weighted by atomic mass is 9.78. The number of rotatable bonds is 8. The molecule has 2 saturated carbocycles. The minimum Gasteiger partial charge on any atom is -0.467 e. The van der Waals surface area contributed by atoms with Crippen molar-refractivity contribution in [3.8, 4) is 0 Å². The number of fused-ring (bicyclic) bond motifs is 2. The first-order chi connectivity index (χ1) is 16.5. The van der Waals surface area contributed by atoms with Crippen molar-refractivity contribution in [3.05, 3.63) is 71.8 Å². The van der Waals surface area contributed by atoms with Gasteiger partial charge >= 0.3 is 11.9 Å². The number of benzene rings is 2. The fourth-order valence-electron chi connectivity index (χ4n) is 4.74. The monoisotopic (exact) mass is 468 g/mol. The lowest BCUT2D eigenvalue weighted by Crippen LogP contribution is -2.74. The molecule has 0 amide bonds. The van der Waals surface area contributed by atoms with Gasteiger partial charge in [0.05, 0.1) is 14.2 Å². The van der Waals surface area contributed by atoms with Gasteiger partial charge < -0.3 is 28.4 Å². The van der Waals surface area contributed by atoms with Crippen LogP contribution in [-0.2, 0) is 38.0 Å². The van der Waals surface area contributed by atoms with Gasteiger partial charge in [0.25, 0.3) is 0 Å². The average molecular weight is 469 g/mol. The third kappa shape index (κ3) is 3.90. The molecule has 2 aromatic carbocycles. The molecule has 3 fully saturated rings. The van der Waals surface area contributed by atoms with Crippen LogP contribution in [0.5, 0.6) is 0 Å². The van der Waals surface area contributed by atoms with Gasteiger partial charge in [-0.15, -0.1) is 0 Å². The highest BCUT2D eigenvalue weighted by Gasteiger charge is 2.67. The Hall–Kier alpha value is -2.78. The maximum absolute atomic E-state index is 12.6. The standard InChI is InChI=1S/C26H28O8/c1-29-23(27)21(17-9-5-3-6-10-17)33-25-15-13-19(25)32-26(16-14-20(26)31-25)34-22(24(28)30-2)18-11-7-4-8-12-18/h3-12,19-22H,13-16H2,1-2H3/t19-,20-,21?,22?,25-,26-/m0/s1. The van der Waals surface area contributed by atoms with Crippen LogP contribution in [0.25, 0.3) is 0 Å². The van der Waals surface area contributed by atoms with Crippen molar-refractivity contribution in [3.63, 3.8) is 0 Å². The highest BCUT2D eigenvalue weighted by Crippen LogP contribution is 2.57. The van der Waals surface area contributed by atoms with E-state index < -0.39 is 47.9 Å². The van der Waals surface area contributed by atoms with Crippen molar-refractivity contribution in [2.24, 2.45) is 0 Å². The predicted molar refractivity (Wildman–Crippen MR) is 118 cm³/mol. The van der Waals surface area contributed by atoms with Crippen molar-refractivity contribution < 1.29 is 38.0 Å². The summed E-state index contributed by atoms with van der Waals surface area (Å²) < 4.78 is 35.5. The van der Waals surface area contributed by atoms with Gasteiger partial charge in [-0.25, -0.2) is 9.59 Å². The van der Waals surface area contributed by atoms with Crippen molar-refractivity contribution in [1.82, 2.24) is 0 Å². The first kappa shape index (κ1) is 23.0. The van der Waals surface area contributed by atoms with Gasteiger partial charge in [-0.05, 0) is 24.0 Å². The van der Waals surface area contributed by atoms with Gasteiger partial charge in [0, 0.05) is 12.8 Å². The number of esters is 2. The van der Waals surface area contributed by atoms with E-state index in [0.717, 1.165) is 0 Å². The van der Waals surface area contributed by atoms with Crippen LogP contribution in [0.1, 0.15) is 49.0 Å². The molecule has 0 N–H and O–H groups in total. The summed E-state index contributed by atoms with van der Waals surface area (Å²) in [6.07, 6.45) is -0.295. The van der Waals surface area contributed by atoms with E-state index in [2.05, 4.69) is 0 Å². The quantitative estimate of drug-likeness (QED) is 0.543. The second kappa shape index (κ2) is 9.11. The largest absolute Gasteiger partial charge is 0.467 e. The van der Waals surface area contributed by atoms with Gasteiger partial charge in [-0.1, -0.05) is 60.7 Å². The molecule has 1 aliphatic heterocycles. The summed E-state index contributed by atoms with van der Waals surface area (Å²) >= 11 is 0. The average Bonchev–Trinajstić information content (AvgIpc) is 2.87. The molecule has 8 heteroatoms. The molecule has 2 unspecified atom stereocenters. The summed E-state index contributed by atoms with van der Waals surface area (Å²) in [4.78, 5) is 25.1. The summed E-state index contributed by atoms with van der Waals surface area (Å²) in [6, 6.07) is 18.3. The molecule has 0 bridgehead atoms. The topological polar surface area (TPSA) is 89.5 Å². The smallest absolute Gasteiger partial charge is 0.339 e. The fourth-order valence-corrected chi connectivity index (χ4v) is 4.74. The first-order valence-corrected chi connectivity index (χ1v) is 11.5. The summed E-state index contributed by atoms with van der Waals surface area (Å²) in [6.45, 7) is 0. The molecule has 1 heterocycles. The number of carbonyl (C=O) groups is 2. The Morgan fingerprint density at radius 1 is 0.735 bits per heavy atom. The van der Waals surface area contributed by atoms with Gasteiger partial charge in [0.1, 0.15) is 12.2 Å². The molecule has 180 valence electrons. The van der Waals surface area contributed by atoms with Crippen LogP contribution in [-0.4, -0.2) is 49.9 Å². The van der Waals surface area contributed by atoms with E-state index in [4.69, 9.17) is 28.4 Å². The van der Waals surface area contributed by atoms with E-state index in [-0.39, 0.29) is 0 Å². The Labute approximate surface area is 198 Å². The summed E-state index contributed by atoms with van der Waals surface area (Å²) in [5.41, 5.74) is 1.35. The van der Waals surface area contributed by atoms with Crippen LogP contribution in [0.2, 0.25) is 0 Å². The zero-order chi connectivity index (χ0) is 23.8. The number of carbonyl (C=O) groups excluding carboxylic acids is 2. The summed E-state index contributed by atoms with van der Waals surface area (Å²) in [7, 11) is 2.66. The Kier molecular flexibility index (Phi) is 6.16. The predicted octanol–water partition coefficient (Wildman–Crippen LogP) is 3.61. The highest BCUT2D eigenvalue weighted by atomic mass is 16.8. The van der Waals surface area contributed by atoms with E-state index in [9.17, 15) is 9.59 Å². The van der Waals surface area contributed by atoms with Gasteiger partial charge in [0.15, 0.2) is 23.8 Å². The van der Waals surface area contributed by atoms with Crippen LogP contribution in [0.4, 0.5) is 0 Å². The zero-order valence-corrected chi connectivity index (χ0v) is 19.2. The number of hydrogen-bond donors (Lipinski definition) is 0. The van der Waals surface area contributed by atoms with Crippen molar-refractivity contribution in [1.29, 1.82) is 0 Å². The lowest BCUT2D eigenvalue weighted by Gasteiger charge is -2.63. The number of methoxy groups -OCH3 is 2. The minimum absolute atomic E-state index is 0.450. The second-order valence-corrected chi connectivity index (χ2v) is 8.78. The Morgan fingerprint density at radius 2 is 1.12 bits per heavy atom. The van der Waals surface area contributed by atoms with Crippen LogP contribution in [0.3, 0.4) is 0 Å². The molecule has 0 aromatic heterocycles. The molecular formula is C26H28O8. The van der Waals surface area contributed by atoms with E-state index >= 15 is 0 Å². The van der Waals surface area contributed by atoms with Crippen LogP contribution in [0.15, 0.2) is 60.7 Å². The van der Waals surface area contributed by atoms with Crippen molar-refractivity contribution >= 4 is 11.9 Å². The van der Waals surface area contributed by atoms with Gasteiger partial charge in [-0.2, -0.15) is 0 Å². The SMILES string of the molecule is COC(=O)C(O[C@@]12CC[C@@H]1O[C@]1(OC(C(=O)OC)c3ccccc3)CC[C@@H]1O2)c1ccccc1. The molecule has 3 aliphatic rings. The van der Waals surface area contributed by atoms with E-state index in [1.165, 1.54) is 14.2 Å². The highest BCUT2D eigenvalue weighted by molar-refractivity contribution is 5.77. The molecule has 6 atom stereocenters. The number of ether oxygens (including phenoxy) is 6. The minimum atomic E-state index is -1.08. The second-order valence-electron chi connectivity index (χ2n) is 8.78. The van der Waals surface area contributed by atoms with Gasteiger partial charge in [0.2, 0.25) is 0 Å². The molecule has 5 rings (SSSR count). The molecule has 8 nitrogen and oxygen atoms in total. The first-order valence-electron chi connectivity index (χ1n) is 11.5. The van der Waals surface area contributed by atoms with E-state index in [0.29, 0.717) is 36.8 Å². The van der Waals surface area contributed by atoms with E-state index in [1.54, 1.807) is 0 Å². The number of hydrogen-bond acceptors (Lipinski definition) is 8. The van der Waals surface area contributed by atoms with Crippen LogP contribution >= 0.6 is 0 Å². The third-order valence-electron chi connectivity index (χ3n) is 6.84. The third-order valence-corrected chi connectivity index (χ3v) is 6.84. The lowest BCUT2D eigenvalue weighted by molar-refractivity contribution is -0.498. The van der Waals surface area contributed by atoms with Crippen LogP contribution in [0, 0.1) is 0 Å². The summed E-state index contributed by atoms with van der Waals surface area (Å²) in [5.74, 6) is -3.18. The molecule has 1 saturated heterocycles. The molecule has 34 heavy (non-hydrogen) atoms. The van der Waals surface area contributed by atoms with Crippen molar-refractivity contribution in [2.75, 3.05) is 14.2 Å². The van der Waals surface area contributed by atoms with Crippen molar-refractivity contribution in [2.45, 2.75) is 61.7 Å². The maximum atomic E-state index is 12.6. The summed E-state index contributed by atoms with van der Waals surface area (Å²) in [5, 5.41) is 0. The molecule has 2 aromatic rings. The Morgan fingerprint density at radius 3 is 1.41 bits per heavy atom. The van der Waals surface area contributed by atoms with Crippen LogP contribution < -0.4 is 0 Å². The van der Waals surface area contributed by atoms with E-state index in [1.807, 2.05) is 60.7 Å². The molecular weight excluding hydrogens is 440 g/mol.